The van der Waals surface area contributed by atoms with E-state index in [0.717, 1.165) is 6.08 Å². The Morgan fingerprint density at radius 1 is 1.23 bits per heavy atom. The minimum atomic E-state index is -2.23. The highest BCUT2D eigenvalue weighted by Crippen LogP contribution is 2.33. The first-order chi connectivity index (χ1) is 12.2. The average Bonchev–Trinajstić information content (AvgIpc) is 2.55. The Bertz CT molecular complexity index is 714. The molecule has 9 nitrogen and oxygen atoms in total. The van der Waals surface area contributed by atoms with Crippen molar-refractivity contribution in [3.63, 3.8) is 0 Å². The molecule has 0 heterocycles. The van der Waals surface area contributed by atoms with Crippen molar-refractivity contribution in [2.45, 2.75) is 36.8 Å². The molecule has 4 atom stereocenters. The van der Waals surface area contributed by atoms with Gasteiger partial charge in [0.2, 0.25) is 0 Å². The van der Waals surface area contributed by atoms with Gasteiger partial charge in [-0.15, -0.1) is 0 Å². The van der Waals surface area contributed by atoms with Gasteiger partial charge in [0, 0.05) is 26.0 Å². The number of methoxy groups -OCH3 is 1. The number of hydrogen-bond donors (Lipinski definition) is 5. The summed E-state index contributed by atoms with van der Waals surface area (Å²) in [6.07, 6.45) is -2.02. The fourth-order valence-corrected chi connectivity index (χ4v) is 2.83. The SMILES string of the molecule is CO[C@@H]1[C@H](O)C[C@@](O)(C(=O)O)C[C@H]1OC(=O)/C=C/c1ccc(O)c(O)c1. The Hall–Kier alpha value is -2.62. The van der Waals surface area contributed by atoms with E-state index in [2.05, 4.69) is 0 Å². The maximum Gasteiger partial charge on any atom is 0.335 e. The Labute approximate surface area is 148 Å². The molecule has 0 aliphatic heterocycles. The molecule has 26 heavy (non-hydrogen) atoms. The first-order valence-electron chi connectivity index (χ1n) is 7.73. The van der Waals surface area contributed by atoms with Crippen LogP contribution >= 0.6 is 0 Å². The smallest absolute Gasteiger partial charge is 0.335 e. The highest BCUT2D eigenvalue weighted by molar-refractivity contribution is 5.87. The average molecular weight is 368 g/mol. The number of ether oxygens (including phenoxy) is 2. The molecular weight excluding hydrogens is 348 g/mol. The van der Waals surface area contributed by atoms with Crippen molar-refractivity contribution in [2.24, 2.45) is 0 Å². The Morgan fingerprint density at radius 2 is 1.92 bits per heavy atom. The number of hydrogen-bond acceptors (Lipinski definition) is 8. The third-order valence-corrected chi connectivity index (χ3v) is 4.18. The lowest BCUT2D eigenvalue weighted by Crippen LogP contribution is -2.57. The van der Waals surface area contributed by atoms with Crippen LogP contribution in [0.15, 0.2) is 24.3 Å². The van der Waals surface area contributed by atoms with Crippen molar-refractivity contribution >= 4 is 18.0 Å². The molecule has 142 valence electrons. The standard InChI is InChI=1S/C17H20O9/c1-25-15-12(20)7-17(24,16(22)23)8-13(15)26-14(21)5-3-9-2-4-10(18)11(19)6-9/h2-6,12-13,15,18-20,24H,7-8H2,1H3,(H,22,23)/b5-3+/t12-,13-,15-,17+/m1/s1. The fourth-order valence-electron chi connectivity index (χ4n) is 2.83. The molecule has 1 fully saturated rings. The highest BCUT2D eigenvalue weighted by Gasteiger charge is 2.51. The molecule has 0 amide bonds. The van der Waals surface area contributed by atoms with Crippen LogP contribution in [-0.2, 0) is 19.1 Å². The van der Waals surface area contributed by atoms with Gasteiger partial charge in [-0.1, -0.05) is 6.07 Å². The second kappa shape index (κ2) is 7.73. The number of carboxylic acids is 1. The summed E-state index contributed by atoms with van der Waals surface area (Å²) in [7, 11) is 1.27. The van der Waals surface area contributed by atoms with E-state index in [4.69, 9.17) is 14.6 Å². The number of phenolic OH excluding ortho intramolecular Hbond substituents is 2. The summed E-state index contributed by atoms with van der Waals surface area (Å²) in [5, 5.41) is 47.9. The van der Waals surface area contributed by atoms with Gasteiger partial charge < -0.3 is 35.0 Å². The zero-order chi connectivity index (χ0) is 19.5. The van der Waals surface area contributed by atoms with Crippen LogP contribution < -0.4 is 0 Å². The Balaban J connectivity index is 2.10. The van der Waals surface area contributed by atoms with E-state index < -0.39 is 48.7 Å². The number of esters is 1. The second-order valence-corrected chi connectivity index (χ2v) is 6.07. The van der Waals surface area contributed by atoms with Crippen LogP contribution in [0.4, 0.5) is 0 Å². The van der Waals surface area contributed by atoms with Crippen molar-refractivity contribution < 1.29 is 44.6 Å². The zero-order valence-electron chi connectivity index (χ0n) is 13.9. The van der Waals surface area contributed by atoms with Gasteiger partial charge in [-0.3, -0.25) is 0 Å². The first kappa shape index (κ1) is 19.7. The summed E-state index contributed by atoms with van der Waals surface area (Å²) in [5.41, 5.74) is -1.82. The van der Waals surface area contributed by atoms with E-state index in [1.807, 2.05) is 0 Å². The minimum absolute atomic E-state index is 0.309. The lowest BCUT2D eigenvalue weighted by molar-refractivity contribution is -0.200. The normalized spacial score (nSPS) is 28.8. The number of aliphatic carboxylic acids is 1. The summed E-state index contributed by atoms with van der Waals surface area (Å²) in [5.74, 6) is -3.05. The Morgan fingerprint density at radius 3 is 2.50 bits per heavy atom. The second-order valence-electron chi connectivity index (χ2n) is 6.07. The minimum Gasteiger partial charge on any atom is -0.504 e. The lowest BCUT2D eigenvalue weighted by Gasteiger charge is -2.40. The summed E-state index contributed by atoms with van der Waals surface area (Å²) in [4.78, 5) is 23.2. The molecule has 0 unspecified atom stereocenters. The molecule has 5 N–H and O–H groups in total. The van der Waals surface area contributed by atoms with E-state index in [1.165, 1.54) is 31.4 Å². The zero-order valence-corrected chi connectivity index (χ0v) is 13.9. The van der Waals surface area contributed by atoms with E-state index >= 15 is 0 Å². The summed E-state index contributed by atoms with van der Waals surface area (Å²) < 4.78 is 10.2. The molecule has 0 saturated heterocycles. The van der Waals surface area contributed by atoms with Gasteiger partial charge in [-0.05, 0) is 23.8 Å². The van der Waals surface area contributed by atoms with E-state index in [1.54, 1.807) is 0 Å². The number of carbonyl (C=O) groups excluding carboxylic acids is 1. The van der Waals surface area contributed by atoms with E-state index in [0.29, 0.717) is 5.56 Å². The largest absolute Gasteiger partial charge is 0.504 e. The van der Waals surface area contributed by atoms with Crippen molar-refractivity contribution in [2.75, 3.05) is 7.11 Å². The van der Waals surface area contributed by atoms with Crippen LogP contribution in [0.5, 0.6) is 11.5 Å². The number of benzene rings is 1. The molecule has 1 aromatic rings. The molecule has 9 heteroatoms. The third kappa shape index (κ3) is 4.31. The maximum absolute atomic E-state index is 12.0. The van der Waals surface area contributed by atoms with Gasteiger partial charge >= 0.3 is 11.9 Å². The van der Waals surface area contributed by atoms with Crippen LogP contribution in [-0.4, -0.2) is 68.5 Å². The van der Waals surface area contributed by atoms with Crippen LogP contribution in [0, 0.1) is 0 Å². The molecule has 0 spiro atoms. The fraction of sp³-hybridized carbons (Fsp3) is 0.412. The number of carboxylic acid groups (broad SMARTS) is 1. The predicted molar refractivity (Wildman–Crippen MR) is 87.3 cm³/mol. The molecular formula is C17H20O9. The molecule has 1 aliphatic carbocycles. The van der Waals surface area contributed by atoms with Crippen LogP contribution in [0.1, 0.15) is 18.4 Å². The van der Waals surface area contributed by atoms with Crippen molar-refractivity contribution in [1.82, 2.24) is 0 Å². The van der Waals surface area contributed by atoms with Gasteiger partial charge in [0.05, 0.1) is 6.10 Å². The van der Waals surface area contributed by atoms with Crippen molar-refractivity contribution in [3.8, 4) is 11.5 Å². The third-order valence-electron chi connectivity index (χ3n) is 4.18. The number of aliphatic hydroxyl groups excluding tert-OH is 1. The molecule has 0 aromatic heterocycles. The van der Waals surface area contributed by atoms with Crippen LogP contribution in [0.3, 0.4) is 0 Å². The number of phenols is 2. The number of carbonyl (C=O) groups is 2. The lowest BCUT2D eigenvalue weighted by atomic mass is 9.79. The van der Waals surface area contributed by atoms with Gasteiger partial charge in [0.25, 0.3) is 0 Å². The monoisotopic (exact) mass is 368 g/mol. The molecule has 1 aliphatic rings. The molecule has 2 rings (SSSR count). The molecule has 1 aromatic carbocycles. The summed E-state index contributed by atoms with van der Waals surface area (Å²) in [6, 6.07) is 3.92. The topological polar surface area (TPSA) is 154 Å². The van der Waals surface area contributed by atoms with Gasteiger partial charge in [-0.2, -0.15) is 0 Å². The van der Waals surface area contributed by atoms with Gasteiger partial charge in [-0.25, -0.2) is 9.59 Å². The highest BCUT2D eigenvalue weighted by atomic mass is 16.6. The summed E-state index contributed by atoms with van der Waals surface area (Å²) >= 11 is 0. The van der Waals surface area contributed by atoms with Crippen LogP contribution in [0.2, 0.25) is 0 Å². The molecule has 0 bridgehead atoms. The first-order valence-corrected chi connectivity index (χ1v) is 7.73. The predicted octanol–water partition coefficient (Wildman–Crippen LogP) is 0.00820. The molecule has 1 saturated carbocycles. The van der Waals surface area contributed by atoms with E-state index in [9.17, 15) is 30.0 Å². The molecule has 0 radical (unpaired) electrons. The van der Waals surface area contributed by atoms with Gasteiger partial charge in [0.15, 0.2) is 17.1 Å². The number of rotatable bonds is 5. The van der Waals surface area contributed by atoms with Crippen LogP contribution in [0.25, 0.3) is 6.08 Å². The van der Waals surface area contributed by atoms with Crippen molar-refractivity contribution in [1.29, 1.82) is 0 Å². The number of aromatic hydroxyl groups is 2. The quantitative estimate of drug-likeness (QED) is 0.275. The number of aliphatic hydroxyl groups is 2. The van der Waals surface area contributed by atoms with E-state index in [-0.39, 0.29) is 11.5 Å². The maximum atomic E-state index is 12.0. The summed E-state index contributed by atoms with van der Waals surface area (Å²) in [6.45, 7) is 0. The Kier molecular flexibility index (Phi) is 5.86. The van der Waals surface area contributed by atoms with Gasteiger partial charge in [0.1, 0.15) is 12.2 Å². The van der Waals surface area contributed by atoms with Crippen molar-refractivity contribution in [3.05, 3.63) is 29.8 Å².